The van der Waals surface area contributed by atoms with Crippen LogP contribution in [-0.2, 0) is 0 Å². The molecule has 1 rings (SSSR count). The number of aliphatic hydroxyl groups is 1. The molecule has 0 aliphatic carbocycles. The van der Waals surface area contributed by atoms with E-state index in [1.807, 2.05) is 0 Å². The van der Waals surface area contributed by atoms with E-state index in [1.165, 1.54) is 6.20 Å². The van der Waals surface area contributed by atoms with Gasteiger partial charge < -0.3 is 16.2 Å². The minimum atomic E-state index is -0.772. The Labute approximate surface area is 77.0 Å². The van der Waals surface area contributed by atoms with Gasteiger partial charge in [-0.25, -0.2) is 4.98 Å². The van der Waals surface area contributed by atoms with Crippen molar-refractivity contribution in [1.29, 1.82) is 0 Å². The van der Waals surface area contributed by atoms with Crippen molar-refractivity contribution in [3.8, 4) is 0 Å². The normalized spacial score (nSPS) is 11.3. The van der Waals surface area contributed by atoms with Gasteiger partial charge in [0.25, 0.3) is 0 Å². The van der Waals surface area contributed by atoms with E-state index in [2.05, 4.69) is 15.3 Å². The Kier molecular flexibility index (Phi) is 2.67. The molecule has 1 aromatic rings. The Hall–Kier alpha value is -1.36. The van der Waals surface area contributed by atoms with Crippen molar-refractivity contribution >= 4 is 11.6 Å². The highest BCUT2D eigenvalue weighted by Gasteiger charge is 2.11. The molecule has 1 aromatic heterocycles. The summed E-state index contributed by atoms with van der Waals surface area (Å²) in [5, 5.41) is 12.3. The largest absolute Gasteiger partial charge is 0.389 e. The third-order valence-electron chi connectivity index (χ3n) is 1.36. The van der Waals surface area contributed by atoms with Crippen molar-refractivity contribution in [1.82, 2.24) is 9.97 Å². The van der Waals surface area contributed by atoms with Gasteiger partial charge in [0, 0.05) is 6.54 Å². The molecule has 0 aliphatic rings. The summed E-state index contributed by atoms with van der Waals surface area (Å²) in [5.41, 5.74) is 4.65. The van der Waals surface area contributed by atoms with Gasteiger partial charge in [-0.1, -0.05) is 0 Å². The number of nitrogens with zero attached hydrogens (tertiary/aromatic N) is 2. The van der Waals surface area contributed by atoms with Gasteiger partial charge in [-0.05, 0) is 13.8 Å². The van der Waals surface area contributed by atoms with E-state index in [0.29, 0.717) is 18.2 Å². The monoisotopic (exact) mass is 182 g/mol. The van der Waals surface area contributed by atoms with Gasteiger partial charge >= 0.3 is 0 Å². The first-order valence-corrected chi connectivity index (χ1v) is 4.01. The second-order valence-electron chi connectivity index (χ2n) is 3.50. The van der Waals surface area contributed by atoms with Crippen molar-refractivity contribution in [2.24, 2.45) is 0 Å². The van der Waals surface area contributed by atoms with Gasteiger partial charge in [0.05, 0.1) is 18.0 Å². The molecule has 0 saturated heterocycles. The standard InChI is InChI=1S/C8H14N4O/c1-8(2,13)5-11-7-4-10-3-6(9)12-7/h3-4,13H,5H2,1-2H3,(H3,9,11,12). The van der Waals surface area contributed by atoms with E-state index < -0.39 is 5.60 Å². The summed E-state index contributed by atoms with van der Waals surface area (Å²) >= 11 is 0. The van der Waals surface area contributed by atoms with E-state index in [0.717, 1.165) is 0 Å². The Balaban J connectivity index is 2.55. The van der Waals surface area contributed by atoms with Crippen LogP contribution in [0.3, 0.4) is 0 Å². The van der Waals surface area contributed by atoms with Crippen LogP contribution >= 0.6 is 0 Å². The SMILES string of the molecule is CC(C)(O)CNc1cncc(N)n1. The molecule has 0 aromatic carbocycles. The molecule has 0 fully saturated rings. The lowest BCUT2D eigenvalue weighted by Crippen LogP contribution is -2.29. The zero-order valence-corrected chi connectivity index (χ0v) is 7.78. The highest BCUT2D eigenvalue weighted by Crippen LogP contribution is 2.06. The number of aromatic nitrogens is 2. The second-order valence-corrected chi connectivity index (χ2v) is 3.50. The lowest BCUT2D eigenvalue weighted by molar-refractivity contribution is 0.0944. The maximum absolute atomic E-state index is 9.41. The van der Waals surface area contributed by atoms with Crippen LogP contribution in [0.2, 0.25) is 0 Å². The Morgan fingerprint density at radius 3 is 2.77 bits per heavy atom. The summed E-state index contributed by atoms with van der Waals surface area (Å²) in [6, 6.07) is 0. The lowest BCUT2D eigenvalue weighted by atomic mass is 10.1. The molecular weight excluding hydrogens is 168 g/mol. The third kappa shape index (κ3) is 3.71. The predicted molar refractivity (Wildman–Crippen MR) is 51.2 cm³/mol. The van der Waals surface area contributed by atoms with Crippen LogP contribution in [0.25, 0.3) is 0 Å². The minimum absolute atomic E-state index is 0.362. The molecular formula is C8H14N4O. The molecule has 5 heteroatoms. The molecule has 0 atom stereocenters. The van der Waals surface area contributed by atoms with Crippen molar-refractivity contribution in [2.75, 3.05) is 17.6 Å². The van der Waals surface area contributed by atoms with E-state index in [1.54, 1.807) is 20.0 Å². The quantitative estimate of drug-likeness (QED) is 0.623. The number of hydrogen-bond donors (Lipinski definition) is 3. The van der Waals surface area contributed by atoms with E-state index in [9.17, 15) is 5.11 Å². The maximum Gasteiger partial charge on any atom is 0.147 e. The maximum atomic E-state index is 9.41. The summed E-state index contributed by atoms with van der Waals surface area (Å²) in [6.07, 6.45) is 3.03. The fourth-order valence-corrected chi connectivity index (χ4v) is 0.773. The topological polar surface area (TPSA) is 84.1 Å². The summed E-state index contributed by atoms with van der Waals surface area (Å²) in [6.45, 7) is 3.82. The molecule has 0 saturated carbocycles. The summed E-state index contributed by atoms with van der Waals surface area (Å²) in [5.74, 6) is 0.933. The molecule has 0 amide bonds. The molecule has 4 N–H and O–H groups in total. The predicted octanol–water partition coefficient (Wildman–Crippen LogP) is 0.242. The first-order chi connectivity index (χ1) is 5.97. The van der Waals surface area contributed by atoms with E-state index >= 15 is 0 Å². The number of hydrogen-bond acceptors (Lipinski definition) is 5. The van der Waals surface area contributed by atoms with Gasteiger partial charge in [0.15, 0.2) is 0 Å². The molecule has 0 unspecified atom stereocenters. The average molecular weight is 182 g/mol. The minimum Gasteiger partial charge on any atom is -0.389 e. The van der Waals surface area contributed by atoms with Crippen molar-refractivity contribution in [3.05, 3.63) is 12.4 Å². The fourth-order valence-electron chi connectivity index (χ4n) is 0.773. The third-order valence-corrected chi connectivity index (χ3v) is 1.36. The van der Waals surface area contributed by atoms with Crippen molar-refractivity contribution in [2.45, 2.75) is 19.4 Å². The van der Waals surface area contributed by atoms with Crippen LogP contribution in [0.4, 0.5) is 11.6 Å². The molecule has 1 heterocycles. The van der Waals surface area contributed by atoms with Crippen LogP contribution in [0, 0.1) is 0 Å². The van der Waals surface area contributed by atoms with Gasteiger partial charge in [-0.15, -0.1) is 0 Å². The zero-order chi connectivity index (χ0) is 9.90. The molecule has 0 aliphatic heterocycles. The highest BCUT2D eigenvalue weighted by atomic mass is 16.3. The molecule has 0 bridgehead atoms. The lowest BCUT2D eigenvalue weighted by Gasteiger charge is -2.17. The number of nitrogen functional groups attached to an aromatic ring is 1. The first kappa shape index (κ1) is 9.73. The Bertz CT molecular complexity index is 282. The van der Waals surface area contributed by atoms with Crippen LogP contribution in [0.1, 0.15) is 13.8 Å². The van der Waals surface area contributed by atoms with Crippen LogP contribution < -0.4 is 11.1 Å². The van der Waals surface area contributed by atoms with E-state index in [4.69, 9.17) is 5.73 Å². The Morgan fingerprint density at radius 2 is 2.23 bits per heavy atom. The fraction of sp³-hybridized carbons (Fsp3) is 0.500. The summed E-state index contributed by atoms with van der Waals surface area (Å²) < 4.78 is 0. The highest BCUT2D eigenvalue weighted by molar-refractivity contribution is 5.38. The summed E-state index contributed by atoms with van der Waals surface area (Å²) in [7, 11) is 0. The molecule has 5 nitrogen and oxygen atoms in total. The number of rotatable bonds is 3. The number of anilines is 2. The van der Waals surface area contributed by atoms with Gasteiger partial charge in [-0.3, -0.25) is 4.98 Å². The zero-order valence-electron chi connectivity index (χ0n) is 7.78. The van der Waals surface area contributed by atoms with Crippen molar-refractivity contribution in [3.63, 3.8) is 0 Å². The molecule has 72 valence electrons. The molecule has 0 radical (unpaired) electrons. The average Bonchev–Trinajstić information content (AvgIpc) is 2.00. The Morgan fingerprint density at radius 1 is 1.54 bits per heavy atom. The number of nitrogens with one attached hydrogen (secondary N) is 1. The van der Waals surface area contributed by atoms with Crippen LogP contribution in [0.5, 0.6) is 0 Å². The molecule has 0 spiro atoms. The van der Waals surface area contributed by atoms with Crippen LogP contribution in [0.15, 0.2) is 12.4 Å². The first-order valence-electron chi connectivity index (χ1n) is 4.01. The van der Waals surface area contributed by atoms with E-state index in [-0.39, 0.29) is 0 Å². The smallest absolute Gasteiger partial charge is 0.147 e. The summed E-state index contributed by atoms with van der Waals surface area (Å²) in [4.78, 5) is 7.82. The van der Waals surface area contributed by atoms with Gasteiger partial charge in [0.2, 0.25) is 0 Å². The second kappa shape index (κ2) is 3.57. The number of nitrogens with two attached hydrogens (primary N) is 1. The van der Waals surface area contributed by atoms with Gasteiger partial charge in [0.1, 0.15) is 11.6 Å². The van der Waals surface area contributed by atoms with Gasteiger partial charge in [-0.2, -0.15) is 0 Å². The molecule has 13 heavy (non-hydrogen) atoms. The van der Waals surface area contributed by atoms with Crippen molar-refractivity contribution < 1.29 is 5.11 Å². The van der Waals surface area contributed by atoms with Crippen LogP contribution in [-0.4, -0.2) is 27.2 Å².